The number of amides is 1. The quantitative estimate of drug-likeness (QED) is 0.932. The Labute approximate surface area is 135 Å². The van der Waals surface area contributed by atoms with Crippen molar-refractivity contribution < 1.29 is 13.2 Å². The van der Waals surface area contributed by atoms with E-state index in [1.54, 1.807) is 31.3 Å². The molecule has 0 atom stereocenters. The molecule has 23 heavy (non-hydrogen) atoms. The van der Waals surface area contributed by atoms with Gasteiger partial charge in [-0.1, -0.05) is 6.07 Å². The summed E-state index contributed by atoms with van der Waals surface area (Å²) < 4.78 is 27.1. The van der Waals surface area contributed by atoms with E-state index in [1.807, 2.05) is 6.07 Å². The third-order valence-corrected chi connectivity index (χ3v) is 4.63. The zero-order valence-electron chi connectivity index (χ0n) is 12.6. The summed E-state index contributed by atoms with van der Waals surface area (Å²) in [7, 11) is -2.14. The fraction of sp³-hybridized carbons (Fsp3) is 0.125. The van der Waals surface area contributed by atoms with Crippen LogP contribution >= 0.6 is 0 Å². The maximum Gasteiger partial charge on any atom is 0.261 e. The number of hydrogen-bond acceptors (Lipinski definition) is 4. The molecule has 2 aromatic rings. The van der Waals surface area contributed by atoms with Crippen LogP contribution in [-0.4, -0.2) is 21.4 Å². The normalized spacial score (nSPS) is 10.7. The van der Waals surface area contributed by atoms with Gasteiger partial charge in [-0.25, -0.2) is 8.42 Å². The predicted octanol–water partition coefficient (Wildman–Crippen LogP) is 2.34. The first-order valence-corrected chi connectivity index (χ1v) is 8.19. The molecule has 2 aromatic carbocycles. The molecule has 0 spiro atoms. The second-order valence-electron chi connectivity index (χ2n) is 4.87. The summed E-state index contributed by atoms with van der Waals surface area (Å²) in [6.45, 7) is 1.44. The Bertz CT molecular complexity index is 868. The Morgan fingerprint density at radius 2 is 1.83 bits per heavy atom. The highest BCUT2D eigenvalue weighted by molar-refractivity contribution is 7.92. The molecular weight excluding hydrogens is 314 g/mol. The fourth-order valence-electron chi connectivity index (χ4n) is 1.88. The Balaban J connectivity index is 2.24. The van der Waals surface area contributed by atoms with E-state index in [-0.39, 0.29) is 16.4 Å². The number of anilines is 2. The Morgan fingerprint density at radius 3 is 2.39 bits per heavy atom. The fourth-order valence-corrected chi connectivity index (χ4v) is 2.99. The molecule has 1 N–H and O–H groups in total. The van der Waals surface area contributed by atoms with Crippen molar-refractivity contribution >= 4 is 27.3 Å². The maximum absolute atomic E-state index is 12.3. The third kappa shape index (κ3) is 3.87. The molecule has 0 aromatic heterocycles. The van der Waals surface area contributed by atoms with E-state index in [9.17, 15) is 13.2 Å². The van der Waals surface area contributed by atoms with Crippen LogP contribution in [-0.2, 0) is 14.8 Å². The van der Waals surface area contributed by atoms with Crippen molar-refractivity contribution in [3.05, 3.63) is 54.1 Å². The first kappa shape index (κ1) is 16.5. The highest BCUT2D eigenvalue weighted by Gasteiger charge is 2.15. The number of benzene rings is 2. The molecule has 0 unspecified atom stereocenters. The van der Waals surface area contributed by atoms with Crippen LogP contribution in [0.25, 0.3) is 0 Å². The van der Waals surface area contributed by atoms with Crippen molar-refractivity contribution in [1.29, 1.82) is 5.26 Å². The van der Waals surface area contributed by atoms with E-state index in [0.717, 1.165) is 0 Å². The van der Waals surface area contributed by atoms with E-state index >= 15 is 0 Å². The van der Waals surface area contributed by atoms with Crippen LogP contribution in [0.15, 0.2) is 53.4 Å². The first-order valence-electron chi connectivity index (χ1n) is 6.71. The smallest absolute Gasteiger partial charge is 0.261 e. The van der Waals surface area contributed by atoms with E-state index in [1.165, 1.54) is 36.1 Å². The zero-order chi connectivity index (χ0) is 17.0. The lowest BCUT2D eigenvalue weighted by Gasteiger charge is -2.15. The van der Waals surface area contributed by atoms with E-state index in [0.29, 0.717) is 11.4 Å². The van der Waals surface area contributed by atoms with Gasteiger partial charge in [0.2, 0.25) is 5.91 Å². The van der Waals surface area contributed by atoms with Crippen molar-refractivity contribution in [2.75, 3.05) is 16.7 Å². The Morgan fingerprint density at radius 1 is 1.17 bits per heavy atom. The highest BCUT2D eigenvalue weighted by Crippen LogP contribution is 2.20. The summed E-state index contributed by atoms with van der Waals surface area (Å²) in [6.07, 6.45) is 0. The minimum atomic E-state index is -3.78. The van der Waals surface area contributed by atoms with Gasteiger partial charge in [0.1, 0.15) is 0 Å². The molecule has 0 fully saturated rings. The van der Waals surface area contributed by atoms with Gasteiger partial charge in [-0.3, -0.25) is 9.52 Å². The Kier molecular flexibility index (Phi) is 4.67. The van der Waals surface area contributed by atoms with Crippen molar-refractivity contribution in [3.63, 3.8) is 0 Å². The van der Waals surface area contributed by atoms with Crippen LogP contribution in [0.1, 0.15) is 12.5 Å². The lowest BCUT2D eigenvalue weighted by atomic mass is 10.2. The summed E-state index contributed by atoms with van der Waals surface area (Å²) in [5, 5.41) is 8.85. The molecule has 0 heterocycles. The summed E-state index contributed by atoms with van der Waals surface area (Å²) >= 11 is 0. The number of nitrogens with zero attached hydrogens (tertiary/aromatic N) is 2. The molecule has 1 amide bonds. The standard InChI is InChI=1S/C16H15N3O3S/c1-12(20)19(2)15-8-6-14(7-9-15)18-23(21,22)16-5-3-4-13(10-16)11-17/h3-10,18H,1-2H3. The lowest BCUT2D eigenvalue weighted by molar-refractivity contribution is -0.116. The van der Waals surface area contributed by atoms with Gasteiger partial charge >= 0.3 is 0 Å². The Hall–Kier alpha value is -2.85. The van der Waals surface area contributed by atoms with E-state index < -0.39 is 10.0 Å². The van der Waals surface area contributed by atoms with Gasteiger partial charge in [0.15, 0.2) is 0 Å². The number of hydrogen-bond donors (Lipinski definition) is 1. The number of rotatable bonds is 4. The van der Waals surface area contributed by atoms with Crippen molar-refractivity contribution in [2.45, 2.75) is 11.8 Å². The molecule has 0 saturated heterocycles. The third-order valence-electron chi connectivity index (χ3n) is 3.25. The summed E-state index contributed by atoms with van der Waals surface area (Å²) in [4.78, 5) is 12.8. The van der Waals surface area contributed by atoms with Crippen molar-refractivity contribution in [1.82, 2.24) is 0 Å². The minimum Gasteiger partial charge on any atom is -0.316 e. The maximum atomic E-state index is 12.3. The molecule has 6 nitrogen and oxygen atoms in total. The molecule has 0 aliphatic heterocycles. The van der Waals surface area contributed by atoms with Gasteiger partial charge in [-0.05, 0) is 42.5 Å². The van der Waals surface area contributed by atoms with Gasteiger partial charge in [0.25, 0.3) is 10.0 Å². The van der Waals surface area contributed by atoms with Crippen LogP contribution in [0.2, 0.25) is 0 Å². The van der Waals surface area contributed by atoms with Crippen LogP contribution in [0.5, 0.6) is 0 Å². The molecule has 0 bridgehead atoms. The molecule has 2 rings (SSSR count). The second-order valence-corrected chi connectivity index (χ2v) is 6.55. The van der Waals surface area contributed by atoms with Crippen LogP contribution in [0.4, 0.5) is 11.4 Å². The van der Waals surface area contributed by atoms with Gasteiger partial charge in [0, 0.05) is 25.3 Å². The number of nitriles is 1. The lowest BCUT2D eigenvalue weighted by Crippen LogP contribution is -2.22. The summed E-state index contributed by atoms with van der Waals surface area (Å²) in [6, 6.07) is 14.1. The van der Waals surface area contributed by atoms with Crippen LogP contribution < -0.4 is 9.62 Å². The predicted molar refractivity (Wildman–Crippen MR) is 87.5 cm³/mol. The molecule has 118 valence electrons. The second kappa shape index (κ2) is 6.50. The van der Waals surface area contributed by atoms with Gasteiger partial charge < -0.3 is 4.90 Å². The minimum absolute atomic E-state index is 0.0153. The van der Waals surface area contributed by atoms with Crippen molar-refractivity contribution in [3.8, 4) is 6.07 Å². The number of sulfonamides is 1. The first-order chi connectivity index (χ1) is 10.8. The summed E-state index contributed by atoms with van der Waals surface area (Å²) in [5.74, 6) is -0.119. The molecule has 0 radical (unpaired) electrons. The SMILES string of the molecule is CC(=O)N(C)c1ccc(NS(=O)(=O)c2cccc(C#N)c2)cc1. The molecule has 7 heteroatoms. The monoisotopic (exact) mass is 329 g/mol. The number of nitrogens with one attached hydrogen (secondary N) is 1. The molecule has 0 saturated carbocycles. The molecule has 0 aliphatic carbocycles. The topological polar surface area (TPSA) is 90.3 Å². The average Bonchev–Trinajstić information content (AvgIpc) is 2.54. The highest BCUT2D eigenvalue weighted by atomic mass is 32.2. The van der Waals surface area contributed by atoms with E-state index in [2.05, 4.69) is 4.72 Å². The van der Waals surface area contributed by atoms with Crippen molar-refractivity contribution in [2.24, 2.45) is 0 Å². The largest absolute Gasteiger partial charge is 0.316 e. The average molecular weight is 329 g/mol. The molecular formula is C16H15N3O3S. The number of carbonyl (C=O) groups is 1. The van der Waals surface area contributed by atoms with Gasteiger partial charge in [-0.15, -0.1) is 0 Å². The van der Waals surface area contributed by atoms with Crippen LogP contribution in [0.3, 0.4) is 0 Å². The summed E-state index contributed by atoms with van der Waals surface area (Å²) in [5.41, 5.74) is 1.30. The van der Waals surface area contributed by atoms with E-state index in [4.69, 9.17) is 5.26 Å². The number of carbonyl (C=O) groups excluding carboxylic acids is 1. The molecule has 0 aliphatic rings. The van der Waals surface area contributed by atoms with Gasteiger partial charge in [-0.2, -0.15) is 5.26 Å². The van der Waals surface area contributed by atoms with Crippen LogP contribution in [0, 0.1) is 11.3 Å². The zero-order valence-corrected chi connectivity index (χ0v) is 13.5. The van der Waals surface area contributed by atoms with Gasteiger partial charge in [0.05, 0.1) is 16.5 Å².